The highest BCUT2D eigenvalue weighted by atomic mass is 16.5. The molecule has 0 saturated carbocycles. The lowest BCUT2D eigenvalue weighted by Crippen LogP contribution is -2.39. The number of rotatable bonds is 7. The van der Waals surface area contributed by atoms with Gasteiger partial charge in [-0.25, -0.2) is 0 Å². The third kappa shape index (κ3) is 5.38. The summed E-state index contributed by atoms with van der Waals surface area (Å²) < 4.78 is 5.30. The van der Waals surface area contributed by atoms with Crippen LogP contribution in [0.2, 0.25) is 0 Å². The average molecular weight is 307 g/mol. The Morgan fingerprint density at radius 1 is 1.32 bits per heavy atom. The number of aliphatic hydroxyl groups excluding tert-OH is 1. The van der Waals surface area contributed by atoms with Crippen molar-refractivity contribution < 1.29 is 14.6 Å². The SMILES string of the molecule is N[C@@H](CCCN1CCOCC1)C(=O)Nc1ccc(CO)cc1. The molecule has 0 aliphatic carbocycles. The van der Waals surface area contributed by atoms with Crippen molar-refractivity contribution in [2.45, 2.75) is 25.5 Å². The predicted molar refractivity (Wildman–Crippen MR) is 85.5 cm³/mol. The molecule has 4 N–H and O–H groups in total. The van der Waals surface area contributed by atoms with E-state index in [0.717, 1.165) is 44.8 Å². The summed E-state index contributed by atoms with van der Waals surface area (Å²) in [5, 5.41) is 11.8. The Bertz CT molecular complexity index is 458. The molecule has 1 aromatic carbocycles. The van der Waals surface area contributed by atoms with Crippen molar-refractivity contribution in [2.24, 2.45) is 5.73 Å². The molecule has 1 atom stereocenters. The van der Waals surface area contributed by atoms with Gasteiger partial charge in [-0.05, 0) is 37.1 Å². The van der Waals surface area contributed by atoms with Crippen molar-refractivity contribution in [3.63, 3.8) is 0 Å². The second kappa shape index (κ2) is 8.85. The lowest BCUT2D eigenvalue weighted by molar-refractivity contribution is -0.117. The third-order valence-electron chi connectivity index (χ3n) is 3.83. The average Bonchev–Trinajstić information content (AvgIpc) is 2.56. The number of aliphatic hydroxyl groups is 1. The molecular weight excluding hydrogens is 282 g/mol. The fourth-order valence-corrected chi connectivity index (χ4v) is 2.42. The van der Waals surface area contributed by atoms with Gasteiger partial charge in [0.05, 0.1) is 25.9 Å². The maximum atomic E-state index is 12.0. The molecule has 1 aliphatic rings. The summed E-state index contributed by atoms with van der Waals surface area (Å²) >= 11 is 0. The zero-order valence-corrected chi connectivity index (χ0v) is 12.8. The van der Waals surface area contributed by atoms with Crippen LogP contribution in [-0.4, -0.2) is 54.8 Å². The molecule has 1 amide bonds. The van der Waals surface area contributed by atoms with Crippen LogP contribution in [0.4, 0.5) is 5.69 Å². The maximum absolute atomic E-state index is 12.0. The first-order valence-corrected chi connectivity index (χ1v) is 7.75. The number of benzene rings is 1. The minimum atomic E-state index is -0.501. The van der Waals surface area contributed by atoms with E-state index in [2.05, 4.69) is 10.2 Å². The molecule has 0 aromatic heterocycles. The molecule has 1 aromatic rings. The molecule has 0 spiro atoms. The number of nitrogens with two attached hydrogens (primary N) is 1. The molecule has 0 bridgehead atoms. The van der Waals surface area contributed by atoms with E-state index in [0.29, 0.717) is 12.1 Å². The molecule has 2 rings (SSSR count). The van der Waals surface area contributed by atoms with Gasteiger partial charge in [-0.3, -0.25) is 9.69 Å². The zero-order valence-electron chi connectivity index (χ0n) is 12.8. The minimum Gasteiger partial charge on any atom is -0.392 e. The van der Waals surface area contributed by atoms with Crippen molar-refractivity contribution in [1.29, 1.82) is 0 Å². The van der Waals surface area contributed by atoms with Gasteiger partial charge in [0.25, 0.3) is 0 Å². The number of amides is 1. The van der Waals surface area contributed by atoms with Gasteiger partial charge in [0.2, 0.25) is 5.91 Å². The van der Waals surface area contributed by atoms with E-state index in [4.69, 9.17) is 15.6 Å². The summed E-state index contributed by atoms with van der Waals surface area (Å²) in [5.74, 6) is -0.168. The van der Waals surface area contributed by atoms with Crippen LogP contribution in [0.15, 0.2) is 24.3 Å². The van der Waals surface area contributed by atoms with E-state index >= 15 is 0 Å². The molecule has 1 fully saturated rings. The van der Waals surface area contributed by atoms with Crippen molar-refractivity contribution >= 4 is 11.6 Å². The second-order valence-electron chi connectivity index (χ2n) is 5.55. The van der Waals surface area contributed by atoms with Crippen LogP contribution < -0.4 is 11.1 Å². The van der Waals surface area contributed by atoms with Gasteiger partial charge in [0.1, 0.15) is 0 Å². The van der Waals surface area contributed by atoms with E-state index in [9.17, 15) is 4.79 Å². The second-order valence-corrected chi connectivity index (χ2v) is 5.55. The summed E-state index contributed by atoms with van der Waals surface area (Å²) in [4.78, 5) is 14.4. The topological polar surface area (TPSA) is 87.8 Å². The van der Waals surface area contributed by atoms with Crippen molar-refractivity contribution in [1.82, 2.24) is 4.90 Å². The summed E-state index contributed by atoms with van der Waals surface area (Å²) in [6.45, 7) is 4.44. The van der Waals surface area contributed by atoms with Gasteiger partial charge in [-0.15, -0.1) is 0 Å². The van der Waals surface area contributed by atoms with Gasteiger partial charge in [-0.2, -0.15) is 0 Å². The normalized spacial score (nSPS) is 17.2. The van der Waals surface area contributed by atoms with Crippen molar-refractivity contribution in [2.75, 3.05) is 38.2 Å². The first kappa shape index (κ1) is 16.9. The van der Waals surface area contributed by atoms with Crippen LogP contribution in [0, 0.1) is 0 Å². The maximum Gasteiger partial charge on any atom is 0.241 e. The van der Waals surface area contributed by atoms with Crippen molar-refractivity contribution in [3.8, 4) is 0 Å². The Balaban J connectivity index is 1.69. The summed E-state index contributed by atoms with van der Waals surface area (Å²) in [6.07, 6.45) is 1.57. The zero-order chi connectivity index (χ0) is 15.8. The van der Waals surface area contributed by atoms with Crippen LogP contribution in [0.25, 0.3) is 0 Å². The number of nitrogens with one attached hydrogen (secondary N) is 1. The van der Waals surface area contributed by atoms with Crippen LogP contribution in [0.1, 0.15) is 18.4 Å². The number of hydrogen-bond acceptors (Lipinski definition) is 5. The number of nitrogens with zero attached hydrogens (tertiary/aromatic N) is 1. The van der Waals surface area contributed by atoms with Crippen LogP contribution in [0.5, 0.6) is 0 Å². The molecule has 1 heterocycles. The number of ether oxygens (including phenoxy) is 1. The van der Waals surface area contributed by atoms with Gasteiger partial charge in [0.15, 0.2) is 0 Å². The first-order valence-electron chi connectivity index (χ1n) is 7.75. The van der Waals surface area contributed by atoms with Gasteiger partial charge in [0, 0.05) is 18.8 Å². The quantitative estimate of drug-likeness (QED) is 0.685. The lowest BCUT2D eigenvalue weighted by atomic mass is 10.1. The monoisotopic (exact) mass is 307 g/mol. The van der Waals surface area contributed by atoms with E-state index in [1.165, 1.54) is 0 Å². The van der Waals surface area contributed by atoms with Gasteiger partial charge in [-0.1, -0.05) is 12.1 Å². The van der Waals surface area contributed by atoms with E-state index in [-0.39, 0.29) is 12.5 Å². The molecule has 1 saturated heterocycles. The third-order valence-corrected chi connectivity index (χ3v) is 3.83. The number of anilines is 1. The van der Waals surface area contributed by atoms with Crippen LogP contribution >= 0.6 is 0 Å². The minimum absolute atomic E-state index is 0.00468. The smallest absolute Gasteiger partial charge is 0.241 e. The predicted octanol–water partition coefficient (Wildman–Crippen LogP) is 0.557. The highest BCUT2D eigenvalue weighted by molar-refractivity contribution is 5.94. The highest BCUT2D eigenvalue weighted by Gasteiger charge is 2.15. The van der Waals surface area contributed by atoms with Crippen LogP contribution in [-0.2, 0) is 16.1 Å². The fourth-order valence-electron chi connectivity index (χ4n) is 2.42. The van der Waals surface area contributed by atoms with Crippen molar-refractivity contribution in [3.05, 3.63) is 29.8 Å². The lowest BCUT2D eigenvalue weighted by Gasteiger charge is -2.26. The number of morpholine rings is 1. The molecule has 6 heteroatoms. The van der Waals surface area contributed by atoms with Crippen LogP contribution in [0.3, 0.4) is 0 Å². The largest absolute Gasteiger partial charge is 0.392 e. The summed E-state index contributed by atoms with van der Waals surface area (Å²) in [6, 6.07) is 6.59. The molecule has 22 heavy (non-hydrogen) atoms. The van der Waals surface area contributed by atoms with Gasteiger partial charge >= 0.3 is 0 Å². The number of carbonyl (C=O) groups is 1. The number of hydrogen-bond donors (Lipinski definition) is 3. The summed E-state index contributed by atoms with van der Waals surface area (Å²) in [5.41, 5.74) is 7.45. The Labute approximate surface area is 131 Å². The molecule has 0 radical (unpaired) electrons. The van der Waals surface area contributed by atoms with E-state index < -0.39 is 6.04 Å². The van der Waals surface area contributed by atoms with E-state index in [1.807, 2.05) is 0 Å². The molecule has 122 valence electrons. The first-order chi connectivity index (χ1) is 10.7. The van der Waals surface area contributed by atoms with E-state index in [1.54, 1.807) is 24.3 Å². The molecular formula is C16H25N3O3. The standard InChI is InChI=1S/C16H25N3O3/c17-15(2-1-7-19-8-10-22-11-9-19)16(21)18-14-5-3-13(12-20)4-6-14/h3-6,15,20H,1-2,7-12,17H2,(H,18,21)/t15-/m0/s1. The molecule has 0 unspecified atom stereocenters. The number of carbonyl (C=O) groups excluding carboxylic acids is 1. The molecule has 6 nitrogen and oxygen atoms in total. The Kier molecular flexibility index (Phi) is 6.79. The Hall–Kier alpha value is -1.47. The fraction of sp³-hybridized carbons (Fsp3) is 0.562. The molecule has 1 aliphatic heterocycles. The Morgan fingerprint density at radius 3 is 2.64 bits per heavy atom. The Morgan fingerprint density at radius 2 is 2.00 bits per heavy atom. The highest BCUT2D eigenvalue weighted by Crippen LogP contribution is 2.10. The van der Waals surface area contributed by atoms with Gasteiger partial charge < -0.3 is 20.9 Å². The summed E-state index contributed by atoms with van der Waals surface area (Å²) in [7, 11) is 0.